The molecule has 2 N–H and O–H groups in total. The fourth-order valence-electron chi connectivity index (χ4n) is 1.72. The van der Waals surface area contributed by atoms with Crippen molar-refractivity contribution in [3.05, 3.63) is 29.8 Å². The van der Waals surface area contributed by atoms with Crippen molar-refractivity contribution in [1.82, 2.24) is 5.32 Å². The minimum atomic E-state index is -0.580. The SMILES string of the molecule is COCCOc1ccc([C@@H](CO)NC(=O)OC(C)(C)C)cc1. The highest BCUT2D eigenvalue weighted by atomic mass is 16.6. The highest BCUT2D eigenvalue weighted by molar-refractivity contribution is 5.68. The van der Waals surface area contributed by atoms with Gasteiger partial charge in [0.2, 0.25) is 0 Å². The molecule has 0 aliphatic heterocycles. The van der Waals surface area contributed by atoms with Gasteiger partial charge in [-0.2, -0.15) is 0 Å². The van der Waals surface area contributed by atoms with E-state index in [1.165, 1.54) is 0 Å². The average molecular weight is 311 g/mol. The normalized spacial score (nSPS) is 12.6. The Morgan fingerprint density at radius 1 is 1.23 bits per heavy atom. The first-order valence-electron chi connectivity index (χ1n) is 7.18. The highest BCUT2D eigenvalue weighted by Gasteiger charge is 2.20. The standard InChI is InChI=1S/C16H25NO5/c1-16(2,3)22-15(19)17-14(11-18)12-5-7-13(8-6-12)21-10-9-20-4/h5-8,14,18H,9-11H2,1-4H3,(H,17,19)/t14-/m1/s1. The van der Waals surface area contributed by atoms with E-state index in [1.54, 1.807) is 52.1 Å². The Bertz CT molecular complexity index is 453. The number of ether oxygens (including phenoxy) is 3. The van der Waals surface area contributed by atoms with Gasteiger partial charge in [-0.05, 0) is 38.5 Å². The predicted octanol–water partition coefficient (Wildman–Crippen LogP) is 2.27. The van der Waals surface area contributed by atoms with Crippen LogP contribution in [0.25, 0.3) is 0 Å². The molecular formula is C16H25NO5. The first kappa shape index (κ1) is 18.3. The molecule has 1 amide bonds. The maximum absolute atomic E-state index is 11.8. The van der Waals surface area contributed by atoms with Gasteiger partial charge in [-0.1, -0.05) is 12.1 Å². The third kappa shape index (κ3) is 6.78. The minimum Gasteiger partial charge on any atom is -0.491 e. The molecule has 1 rings (SSSR count). The monoisotopic (exact) mass is 311 g/mol. The van der Waals surface area contributed by atoms with Crippen LogP contribution in [0.3, 0.4) is 0 Å². The van der Waals surface area contributed by atoms with Crippen LogP contribution in [-0.4, -0.2) is 43.7 Å². The van der Waals surface area contributed by atoms with Gasteiger partial charge in [-0.15, -0.1) is 0 Å². The molecule has 0 saturated heterocycles. The number of amides is 1. The Morgan fingerprint density at radius 3 is 2.36 bits per heavy atom. The molecule has 0 aliphatic carbocycles. The van der Waals surface area contributed by atoms with E-state index in [0.29, 0.717) is 19.0 Å². The third-order valence-corrected chi connectivity index (χ3v) is 2.71. The van der Waals surface area contributed by atoms with Gasteiger partial charge in [0.25, 0.3) is 0 Å². The van der Waals surface area contributed by atoms with Crippen molar-refractivity contribution < 1.29 is 24.1 Å². The van der Waals surface area contributed by atoms with Crippen LogP contribution in [0.4, 0.5) is 4.79 Å². The van der Waals surface area contributed by atoms with Gasteiger partial charge in [-0.3, -0.25) is 0 Å². The smallest absolute Gasteiger partial charge is 0.408 e. The predicted molar refractivity (Wildman–Crippen MR) is 83.0 cm³/mol. The maximum Gasteiger partial charge on any atom is 0.408 e. The van der Waals surface area contributed by atoms with Crippen molar-refractivity contribution in [1.29, 1.82) is 0 Å². The summed E-state index contributed by atoms with van der Waals surface area (Å²) in [6.07, 6.45) is -0.563. The quantitative estimate of drug-likeness (QED) is 0.755. The van der Waals surface area contributed by atoms with Gasteiger partial charge >= 0.3 is 6.09 Å². The van der Waals surface area contributed by atoms with Crippen LogP contribution in [0, 0.1) is 0 Å². The molecule has 0 aliphatic rings. The van der Waals surface area contributed by atoms with E-state index in [4.69, 9.17) is 14.2 Å². The van der Waals surface area contributed by atoms with Crippen LogP contribution in [0.1, 0.15) is 32.4 Å². The number of nitrogens with one attached hydrogen (secondary N) is 1. The Kier molecular flexibility index (Phi) is 7.14. The summed E-state index contributed by atoms with van der Waals surface area (Å²) in [7, 11) is 1.61. The Balaban J connectivity index is 2.61. The van der Waals surface area contributed by atoms with E-state index in [1.807, 2.05) is 0 Å². The lowest BCUT2D eigenvalue weighted by Gasteiger charge is -2.23. The molecule has 0 radical (unpaired) electrons. The molecule has 0 fully saturated rings. The van der Waals surface area contributed by atoms with Crippen LogP contribution >= 0.6 is 0 Å². The highest BCUT2D eigenvalue weighted by Crippen LogP contribution is 2.18. The first-order chi connectivity index (χ1) is 10.4. The zero-order valence-electron chi connectivity index (χ0n) is 13.6. The largest absolute Gasteiger partial charge is 0.491 e. The molecule has 22 heavy (non-hydrogen) atoms. The third-order valence-electron chi connectivity index (χ3n) is 2.71. The molecule has 0 bridgehead atoms. The zero-order valence-corrected chi connectivity index (χ0v) is 13.6. The summed E-state index contributed by atoms with van der Waals surface area (Å²) in [6, 6.07) is 6.62. The van der Waals surface area contributed by atoms with Gasteiger partial charge < -0.3 is 24.6 Å². The van der Waals surface area contributed by atoms with Crippen molar-refractivity contribution in [2.75, 3.05) is 26.9 Å². The summed E-state index contributed by atoms with van der Waals surface area (Å²) >= 11 is 0. The molecule has 6 nitrogen and oxygen atoms in total. The Hall–Kier alpha value is -1.79. The second-order valence-corrected chi connectivity index (χ2v) is 5.79. The summed E-state index contributed by atoms with van der Waals surface area (Å²) < 4.78 is 15.6. The lowest BCUT2D eigenvalue weighted by molar-refractivity contribution is 0.0482. The molecule has 0 aromatic heterocycles. The fourth-order valence-corrected chi connectivity index (χ4v) is 1.72. The number of hydrogen-bond donors (Lipinski definition) is 2. The van der Waals surface area contributed by atoms with Crippen LogP contribution in [-0.2, 0) is 9.47 Å². The van der Waals surface area contributed by atoms with E-state index in [0.717, 1.165) is 5.56 Å². The summed E-state index contributed by atoms with van der Waals surface area (Å²) in [5.41, 5.74) is 0.191. The molecule has 0 spiro atoms. The van der Waals surface area contributed by atoms with Crippen molar-refractivity contribution in [2.24, 2.45) is 0 Å². The molecule has 0 heterocycles. The summed E-state index contributed by atoms with van der Waals surface area (Å²) in [6.45, 7) is 6.12. The fraction of sp³-hybridized carbons (Fsp3) is 0.562. The zero-order chi connectivity index (χ0) is 16.6. The molecule has 6 heteroatoms. The summed E-state index contributed by atoms with van der Waals surface area (Å²) in [5, 5.41) is 12.1. The molecule has 0 unspecified atom stereocenters. The summed E-state index contributed by atoms with van der Waals surface area (Å²) in [5.74, 6) is 0.703. The number of aliphatic hydroxyl groups is 1. The molecule has 1 atom stereocenters. The average Bonchev–Trinajstić information content (AvgIpc) is 2.44. The van der Waals surface area contributed by atoms with E-state index in [9.17, 15) is 9.90 Å². The summed E-state index contributed by atoms with van der Waals surface area (Å²) in [4.78, 5) is 11.8. The van der Waals surface area contributed by atoms with Crippen molar-refractivity contribution in [3.8, 4) is 5.75 Å². The minimum absolute atomic E-state index is 0.219. The number of benzene rings is 1. The Labute approximate surface area is 131 Å². The number of aliphatic hydroxyl groups excluding tert-OH is 1. The van der Waals surface area contributed by atoms with E-state index < -0.39 is 17.7 Å². The van der Waals surface area contributed by atoms with Gasteiger partial charge in [0, 0.05) is 7.11 Å². The van der Waals surface area contributed by atoms with Crippen molar-refractivity contribution >= 4 is 6.09 Å². The van der Waals surface area contributed by atoms with Crippen LogP contribution in [0.2, 0.25) is 0 Å². The lowest BCUT2D eigenvalue weighted by Crippen LogP contribution is -2.36. The van der Waals surface area contributed by atoms with E-state index in [2.05, 4.69) is 5.32 Å². The number of rotatable bonds is 7. The number of carbonyl (C=O) groups is 1. The number of methoxy groups -OCH3 is 1. The second kappa shape index (κ2) is 8.60. The van der Waals surface area contributed by atoms with Gasteiger partial charge in [0.15, 0.2) is 0 Å². The molecule has 1 aromatic rings. The molecular weight excluding hydrogens is 286 g/mol. The number of hydrogen-bond acceptors (Lipinski definition) is 5. The molecule has 0 saturated carbocycles. The lowest BCUT2D eigenvalue weighted by atomic mass is 10.1. The van der Waals surface area contributed by atoms with Gasteiger partial charge in [0.1, 0.15) is 18.0 Å². The molecule has 1 aromatic carbocycles. The van der Waals surface area contributed by atoms with Crippen LogP contribution in [0.5, 0.6) is 5.75 Å². The molecule has 124 valence electrons. The first-order valence-corrected chi connectivity index (χ1v) is 7.18. The number of carbonyl (C=O) groups excluding carboxylic acids is 1. The van der Waals surface area contributed by atoms with E-state index in [-0.39, 0.29) is 6.61 Å². The van der Waals surface area contributed by atoms with Crippen molar-refractivity contribution in [3.63, 3.8) is 0 Å². The van der Waals surface area contributed by atoms with E-state index >= 15 is 0 Å². The Morgan fingerprint density at radius 2 is 1.86 bits per heavy atom. The number of alkyl carbamates (subject to hydrolysis) is 1. The van der Waals surface area contributed by atoms with Gasteiger partial charge in [0.05, 0.1) is 19.3 Å². The van der Waals surface area contributed by atoms with Crippen LogP contribution < -0.4 is 10.1 Å². The topological polar surface area (TPSA) is 77.0 Å². The van der Waals surface area contributed by atoms with Crippen molar-refractivity contribution in [2.45, 2.75) is 32.4 Å². The maximum atomic E-state index is 11.8. The van der Waals surface area contributed by atoms with Crippen LogP contribution in [0.15, 0.2) is 24.3 Å². The van der Waals surface area contributed by atoms with Gasteiger partial charge in [-0.25, -0.2) is 4.79 Å². The second-order valence-electron chi connectivity index (χ2n) is 5.79.